The van der Waals surface area contributed by atoms with Crippen LogP contribution in [-0.4, -0.2) is 122 Å². The number of esters is 1. The van der Waals surface area contributed by atoms with Gasteiger partial charge in [-0.25, -0.2) is 0 Å². The number of hydrogen-bond donors (Lipinski definition) is 1. The predicted octanol–water partition coefficient (Wildman–Crippen LogP) is 8.69. The molecule has 12 nitrogen and oxygen atoms in total. The Morgan fingerprint density at radius 2 is 1.05 bits per heavy atom. The summed E-state index contributed by atoms with van der Waals surface area (Å²) in [5, 5.41) is 9.32. The van der Waals surface area contributed by atoms with E-state index >= 15 is 0 Å². The largest absolute Gasteiger partial charge is 0.507 e. The number of carbonyl (C=O) groups is 4. The molecule has 1 aromatic carbocycles. The molecule has 0 unspecified atom stereocenters. The standard InChI is InChI=1S/C11H22N2O.C10H13NO.C9H17NO2.C8H15NO.C6H11NO/c1-5-13(6-2)8-7-12-10(3)9-11(4)14;1-2-7-11-8-9-5-3-4-6-10(9)12;1-4-6-10-8(3)7-9(11)12-5-2;1-4-5-9-7(2)6-8(3)10;1-5(7-3)4-6(2)8/h5-9H2,1-4H3;3-6,8,12H,2,7H2,1H3;4-7H2,1-3H3;4-6H2,1-3H3;4H2,1-3H3. The van der Waals surface area contributed by atoms with Crippen LogP contribution in [0.4, 0.5) is 0 Å². The number of benzene rings is 1. The molecule has 0 bridgehead atoms. The van der Waals surface area contributed by atoms with Crippen molar-refractivity contribution in [2.75, 3.05) is 59.5 Å². The lowest BCUT2D eigenvalue weighted by molar-refractivity contribution is -0.141. The van der Waals surface area contributed by atoms with Crippen LogP contribution in [0.25, 0.3) is 0 Å². The Bertz CT molecular complexity index is 1350. The highest BCUT2D eigenvalue weighted by atomic mass is 16.5. The van der Waals surface area contributed by atoms with E-state index in [2.05, 4.69) is 64.5 Å². The zero-order valence-corrected chi connectivity index (χ0v) is 37.7. The molecule has 0 fully saturated rings. The number of ketones is 3. The van der Waals surface area contributed by atoms with Crippen molar-refractivity contribution in [3.63, 3.8) is 0 Å². The number of aliphatic imine (C=N–C) groups is 5. The lowest BCUT2D eigenvalue weighted by Gasteiger charge is -2.16. The quantitative estimate of drug-likeness (QED) is 0.0963. The van der Waals surface area contributed by atoms with Crippen LogP contribution in [0.5, 0.6) is 5.75 Å². The van der Waals surface area contributed by atoms with E-state index in [0.29, 0.717) is 32.3 Å². The van der Waals surface area contributed by atoms with Gasteiger partial charge in [-0.05, 0) is 99.9 Å². The first-order chi connectivity index (χ1) is 26.5. The van der Waals surface area contributed by atoms with Crippen LogP contribution < -0.4 is 0 Å². The molecule has 1 rings (SSSR count). The number of hydrogen-bond acceptors (Lipinski definition) is 12. The van der Waals surface area contributed by atoms with Crippen LogP contribution in [0, 0.1) is 0 Å². The molecule has 0 atom stereocenters. The summed E-state index contributed by atoms with van der Waals surface area (Å²) in [5.74, 6) is 0.659. The Morgan fingerprint density at radius 3 is 1.43 bits per heavy atom. The van der Waals surface area contributed by atoms with Crippen molar-refractivity contribution >= 4 is 52.4 Å². The van der Waals surface area contributed by atoms with Gasteiger partial charge in [0.1, 0.15) is 23.1 Å². The Balaban J connectivity index is -0.000000305. The van der Waals surface area contributed by atoms with E-state index in [4.69, 9.17) is 4.74 Å². The molecule has 0 aromatic heterocycles. The molecule has 0 aliphatic heterocycles. The molecule has 0 heterocycles. The van der Waals surface area contributed by atoms with Gasteiger partial charge >= 0.3 is 5.97 Å². The predicted molar refractivity (Wildman–Crippen MR) is 239 cm³/mol. The summed E-state index contributed by atoms with van der Waals surface area (Å²) in [5.41, 5.74) is 4.44. The van der Waals surface area contributed by atoms with Gasteiger partial charge in [-0.2, -0.15) is 0 Å². The second-order valence-electron chi connectivity index (χ2n) is 13.0. The number of aromatic hydroxyl groups is 1. The van der Waals surface area contributed by atoms with Crippen molar-refractivity contribution in [3.8, 4) is 5.75 Å². The second-order valence-corrected chi connectivity index (χ2v) is 13.0. The first-order valence-electron chi connectivity index (χ1n) is 20.0. The highest BCUT2D eigenvalue weighted by Gasteiger charge is 2.03. The molecule has 1 N–H and O–H groups in total. The SMILES string of the molecule is CCCN=C(C)CC(=O)OCC.CCCN=C(C)CC(C)=O.CCCN=Cc1ccccc1O.CCN(CC)CCN=C(C)CC(C)=O.CN=C(C)CC(C)=O. The number of rotatable bonds is 21. The van der Waals surface area contributed by atoms with Crippen LogP contribution in [0.2, 0.25) is 0 Å². The summed E-state index contributed by atoms with van der Waals surface area (Å²) in [6, 6.07) is 7.18. The van der Waals surface area contributed by atoms with Crippen molar-refractivity contribution < 1.29 is 29.0 Å². The fourth-order valence-corrected chi connectivity index (χ4v) is 4.16. The van der Waals surface area contributed by atoms with Crippen LogP contribution >= 0.6 is 0 Å². The van der Waals surface area contributed by atoms with E-state index in [9.17, 15) is 24.3 Å². The third-order valence-electron chi connectivity index (χ3n) is 7.02. The molecule has 56 heavy (non-hydrogen) atoms. The van der Waals surface area contributed by atoms with Crippen molar-refractivity contribution in [2.45, 2.75) is 135 Å². The average molecular weight is 787 g/mol. The molecular formula is C44H78N6O6. The molecule has 0 amide bonds. The highest BCUT2D eigenvalue weighted by molar-refractivity contribution is 6.00. The molecule has 1 aromatic rings. The van der Waals surface area contributed by atoms with Gasteiger partial charge in [0.25, 0.3) is 0 Å². The number of phenolic OH excluding ortho intramolecular Hbond substituents is 1. The minimum atomic E-state index is -0.185. The van der Waals surface area contributed by atoms with Crippen LogP contribution in [0.15, 0.2) is 49.2 Å². The number of Topliss-reactive ketones (excluding diaryl/α,β-unsaturated/α-hetero) is 3. The Morgan fingerprint density at radius 1 is 0.625 bits per heavy atom. The summed E-state index contributed by atoms with van der Waals surface area (Å²) in [7, 11) is 1.69. The Hall–Kier alpha value is -4.19. The Labute approximate surface area is 340 Å². The molecule has 12 heteroatoms. The summed E-state index contributed by atoms with van der Waals surface area (Å²) < 4.78 is 4.77. The van der Waals surface area contributed by atoms with Gasteiger partial charge in [0.05, 0.1) is 19.6 Å². The molecule has 320 valence electrons. The van der Waals surface area contributed by atoms with Crippen LogP contribution in [-0.2, 0) is 23.9 Å². The minimum absolute atomic E-state index is 0.174. The summed E-state index contributed by atoms with van der Waals surface area (Å²) in [6.45, 7) is 31.4. The topological polar surface area (TPSA) is 163 Å². The number of nitrogens with zero attached hydrogens (tertiary/aromatic N) is 6. The first-order valence-corrected chi connectivity index (χ1v) is 20.0. The van der Waals surface area contributed by atoms with Gasteiger partial charge in [-0.15, -0.1) is 0 Å². The maximum absolute atomic E-state index is 10.9. The number of para-hydroxylation sites is 1. The third-order valence-corrected chi connectivity index (χ3v) is 7.02. The zero-order valence-electron chi connectivity index (χ0n) is 37.7. The second kappa shape index (κ2) is 42.0. The smallest absolute Gasteiger partial charge is 0.311 e. The monoisotopic (exact) mass is 787 g/mol. The summed E-state index contributed by atoms with van der Waals surface area (Å²) >= 11 is 0. The van der Waals surface area contributed by atoms with E-state index < -0.39 is 0 Å². The van der Waals surface area contributed by atoms with Gasteiger partial charge in [-0.3, -0.25) is 44.1 Å². The maximum atomic E-state index is 10.9. The van der Waals surface area contributed by atoms with E-state index in [1.165, 1.54) is 0 Å². The fourth-order valence-electron chi connectivity index (χ4n) is 4.16. The van der Waals surface area contributed by atoms with Crippen molar-refractivity contribution in [1.82, 2.24) is 4.90 Å². The van der Waals surface area contributed by atoms with Gasteiger partial charge in [0.2, 0.25) is 0 Å². The number of carbonyl (C=O) groups excluding carboxylic acids is 4. The van der Waals surface area contributed by atoms with Gasteiger partial charge < -0.3 is 14.7 Å². The summed E-state index contributed by atoms with van der Waals surface area (Å²) in [4.78, 5) is 65.6. The lowest BCUT2D eigenvalue weighted by Crippen LogP contribution is -2.25. The number of phenols is 1. The summed E-state index contributed by atoms with van der Waals surface area (Å²) in [6.07, 6.45) is 6.64. The minimum Gasteiger partial charge on any atom is -0.507 e. The first kappa shape index (κ1) is 58.5. The maximum Gasteiger partial charge on any atom is 0.311 e. The van der Waals surface area contributed by atoms with Gasteiger partial charge in [0.15, 0.2) is 0 Å². The molecular weight excluding hydrogens is 709 g/mol. The van der Waals surface area contributed by atoms with Gasteiger partial charge in [0, 0.05) is 87.1 Å². The van der Waals surface area contributed by atoms with Gasteiger partial charge in [-0.1, -0.05) is 46.8 Å². The fraction of sp³-hybridized carbons (Fsp3) is 0.659. The Kier molecular flexibility index (Phi) is 43.8. The molecule has 0 spiro atoms. The molecule has 0 aliphatic carbocycles. The highest BCUT2D eigenvalue weighted by Crippen LogP contribution is 2.12. The molecule has 0 saturated carbocycles. The molecule has 0 saturated heterocycles. The van der Waals surface area contributed by atoms with Crippen molar-refractivity contribution in [2.24, 2.45) is 25.0 Å². The molecule has 0 radical (unpaired) electrons. The lowest BCUT2D eigenvalue weighted by atomic mass is 10.2. The van der Waals surface area contributed by atoms with E-state index in [1.54, 1.807) is 53.1 Å². The van der Waals surface area contributed by atoms with Crippen molar-refractivity contribution in [1.29, 1.82) is 0 Å². The molecule has 0 aliphatic rings. The van der Waals surface area contributed by atoms with E-state index in [1.807, 2.05) is 39.8 Å². The van der Waals surface area contributed by atoms with E-state index in [0.717, 1.165) is 93.5 Å². The van der Waals surface area contributed by atoms with Crippen LogP contribution in [0.1, 0.15) is 141 Å². The zero-order chi connectivity index (χ0) is 43.7. The van der Waals surface area contributed by atoms with E-state index in [-0.39, 0.29) is 29.1 Å². The average Bonchev–Trinajstić information content (AvgIpc) is 3.13. The van der Waals surface area contributed by atoms with Crippen molar-refractivity contribution in [3.05, 3.63) is 29.8 Å². The van der Waals surface area contributed by atoms with Crippen LogP contribution in [0.3, 0.4) is 0 Å². The normalized spacial score (nSPS) is 11.6. The number of likely N-dealkylation sites (N-methyl/N-ethyl adjacent to an activating group) is 1. The number of ether oxygens (including phenoxy) is 1. The third kappa shape index (κ3) is 46.0.